The maximum atomic E-state index is 5.38. The van der Waals surface area contributed by atoms with Gasteiger partial charge in [-0.15, -0.1) is 5.10 Å². The van der Waals surface area contributed by atoms with E-state index in [9.17, 15) is 0 Å². The van der Waals surface area contributed by atoms with Gasteiger partial charge in [-0.25, -0.2) is 0 Å². The van der Waals surface area contributed by atoms with Crippen molar-refractivity contribution in [2.75, 3.05) is 18.4 Å². The summed E-state index contributed by atoms with van der Waals surface area (Å²) >= 11 is 0. The van der Waals surface area contributed by atoms with Crippen LogP contribution in [0.3, 0.4) is 0 Å². The molecular formula is C9H14N4. The van der Waals surface area contributed by atoms with Crippen molar-refractivity contribution in [3.05, 3.63) is 17.3 Å². The highest BCUT2D eigenvalue weighted by atomic mass is 15.2. The van der Waals surface area contributed by atoms with Crippen LogP contribution in [0.1, 0.15) is 17.7 Å². The van der Waals surface area contributed by atoms with Gasteiger partial charge in [-0.2, -0.15) is 5.10 Å². The number of anilines is 1. The van der Waals surface area contributed by atoms with Crippen LogP contribution in [-0.4, -0.2) is 23.3 Å². The minimum atomic E-state index is 0.624. The van der Waals surface area contributed by atoms with Gasteiger partial charge in [-0.1, -0.05) is 0 Å². The molecule has 70 valence electrons. The summed E-state index contributed by atoms with van der Waals surface area (Å²) < 4.78 is 0. The quantitative estimate of drug-likeness (QED) is 0.700. The predicted molar refractivity (Wildman–Crippen MR) is 51.6 cm³/mol. The van der Waals surface area contributed by atoms with Gasteiger partial charge in [-0.05, 0) is 30.9 Å². The van der Waals surface area contributed by atoms with Crippen molar-refractivity contribution in [1.82, 2.24) is 10.2 Å². The van der Waals surface area contributed by atoms with Gasteiger partial charge in [0, 0.05) is 13.1 Å². The molecule has 1 aliphatic rings. The van der Waals surface area contributed by atoms with Gasteiger partial charge in [0.1, 0.15) is 5.82 Å². The summed E-state index contributed by atoms with van der Waals surface area (Å²) in [5.74, 6) is 0.853. The Bertz CT molecular complexity index is 298. The SMILES string of the molecule is NCCNc1cc2c(nn1)CCC2. The highest BCUT2D eigenvalue weighted by molar-refractivity contribution is 5.39. The first-order valence-corrected chi connectivity index (χ1v) is 4.69. The molecule has 0 amide bonds. The van der Waals surface area contributed by atoms with Crippen LogP contribution >= 0.6 is 0 Å². The van der Waals surface area contributed by atoms with Crippen LogP contribution in [0, 0.1) is 0 Å². The molecule has 1 aromatic heterocycles. The van der Waals surface area contributed by atoms with Crippen molar-refractivity contribution >= 4 is 5.82 Å². The molecular weight excluding hydrogens is 164 g/mol. The third-order valence-corrected chi connectivity index (χ3v) is 2.27. The second kappa shape index (κ2) is 3.70. The fraction of sp³-hybridized carbons (Fsp3) is 0.556. The van der Waals surface area contributed by atoms with Crippen LogP contribution in [0.5, 0.6) is 0 Å². The van der Waals surface area contributed by atoms with E-state index in [2.05, 4.69) is 21.6 Å². The molecule has 0 fully saturated rings. The Morgan fingerprint density at radius 2 is 2.31 bits per heavy atom. The highest BCUT2D eigenvalue weighted by Crippen LogP contribution is 2.20. The van der Waals surface area contributed by atoms with Gasteiger partial charge >= 0.3 is 0 Å². The number of aryl methyl sites for hydroxylation is 2. The van der Waals surface area contributed by atoms with Gasteiger partial charge < -0.3 is 11.1 Å². The molecule has 0 saturated carbocycles. The zero-order valence-electron chi connectivity index (χ0n) is 7.58. The van der Waals surface area contributed by atoms with E-state index in [1.54, 1.807) is 0 Å². The Morgan fingerprint density at radius 3 is 3.15 bits per heavy atom. The lowest BCUT2D eigenvalue weighted by Gasteiger charge is -2.04. The third kappa shape index (κ3) is 1.78. The Labute approximate surface area is 77.5 Å². The van der Waals surface area contributed by atoms with Crippen molar-refractivity contribution in [2.45, 2.75) is 19.3 Å². The van der Waals surface area contributed by atoms with Crippen molar-refractivity contribution in [3.8, 4) is 0 Å². The first kappa shape index (κ1) is 8.44. The minimum Gasteiger partial charge on any atom is -0.367 e. The maximum Gasteiger partial charge on any atom is 0.148 e. The molecule has 1 aliphatic carbocycles. The van der Waals surface area contributed by atoms with Crippen molar-refractivity contribution in [1.29, 1.82) is 0 Å². The average molecular weight is 178 g/mol. The van der Waals surface area contributed by atoms with Gasteiger partial charge in [0.05, 0.1) is 5.69 Å². The van der Waals surface area contributed by atoms with E-state index in [1.165, 1.54) is 17.7 Å². The summed E-state index contributed by atoms with van der Waals surface area (Å²) in [6.45, 7) is 1.38. The number of fused-ring (bicyclic) bond motifs is 1. The zero-order chi connectivity index (χ0) is 9.10. The lowest BCUT2D eigenvalue weighted by Crippen LogP contribution is -2.14. The van der Waals surface area contributed by atoms with E-state index in [4.69, 9.17) is 5.73 Å². The van der Waals surface area contributed by atoms with Crippen LogP contribution in [0.25, 0.3) is 0 Å². The van der Waals surface area contributed by atoms with E-state index in [-0.39, 0.29) is 0 Å². The minimum absolute atomic E-state index is 0.624. The summed E-state index contributed by atoms with van der Waals surface area (Å²) in [7, 11) is 0. The van der Waals surface area contributed by atoms with Crippen molar-refractivity contribution < 1.29 is 0 Å². The highest BCUT2D eigenvalue weighted by Gasteiger charge is 2.12. The van der Waals surface area contributed by atoms with Gasteiger partial charge in [0.25, 0.3) is 0 Å². The first-order valence-electron chi connectivity index (χ1n) is 4.69. The number of rotatable bonds is 3. The molecule has 0 radical (unpaired) electrons. The monoisotopic (exact) mass is 178 g/mol. The van der Waals surface area contributed by atoms with E-state index in [0.29, 0.717) is 6.54 Å². The van der Waals surface area contributed by atoms with Crippen LogP contribution in [0.4, 0.5) is 5.82 Å². The Hall–Kier alpha value is -1.16. The van der Waals surface area contributed by atoms with Crippen LogP contribution in [-0.2, 0) is 12.8 Å². The van der Waals surface area contributed by atoms with Gasteiger partial charge in [0.15, 0.2) is 0 Å². The molecule has 2 rings (SSSR count). The Balaban J connectivity index is 2.12. The molecule has 4 nitrogen and oxygen atoms in total. The fourth-order valence-corrected chi connectivity index (χ4v) is 1.62. The molecule has 0 spiro atoms. The largest absolute Gasteiger partial charge is 0.367 e. The van der Waals surface area contributed by atoms with E-state index >= 15 is 0 Å². The number of hydrogen-bond acceptors (Lipinski definition) is 4. The summed E-state index contributed by atoms with van der Waals surface area (Å²) in [4.78, 5) is 0. The molecule has 1 heterocycles. The fourth-order valence-electron chi connectivity index (χ4n) is 1.62. The summed E-state index contributed by atoms with van der Waals surface area (Å²) in [6, 6.07) is 2.09. The zero-order valence-corrected chi connectivity index (χ0v) is 7.58. The predicted octanol–water partition coefficient (Wildman–Crippen LogP) is 0.336. The molecule has 0 unspecified atom stereocenters. The van der Waals surface area contributed by atoms with Crippen LogP contribution < -0.4 is 11.1 Å². The molecule has 3 N–H and O–H groups in total. The summed E-state index contributed by atoms with van der Waals surface area (Å²) in [6.07, 6.45) is 3.44. The summed E-state index contributed by atoms with van der Waals surface area (Å²) in [5.41, 5.74) is 7.89. The second-order valence-corrected chi connectivity index (χ2v) is 3.27. The van der Waals surface area contributed by atoms with Gasteiger partial charge in [-0.3, -0.25) is 0 Å². The third-order valence-electron chi connectivity index (χ3n) is 2.27. The average Bonchev–Trinajstić information content (AvgIpc) is 2.61. The molecule has 0 aliphatic heterocycles. The number of nitrogens with one attached hydrogen (secondary N) is 1. The van der Waals surface area contributed by atoms with E-state index in [1.807, 2.05) is 0 Å². The number of hydrogen-bond donors (Lipinski definition) is 2. The molecule has 13 heavy (non-hydrogen) atoms. The lowest BCUT2D eigenvalue weighted by atomic mass is 10.2. The van der Waals surface area contributed by atoms with E-state index < -0.39 is 0 Å². The maximum absolute atomic E-state index is 5.38. The number of nitrogens with zero attached hydrogens (tertiary/aromatic N) is 2. The molecule has 1 aromatic rings. The molecule has 0 aromatic carbocycles. The van der Waals surface area contributed by atoms with Crippen LogP contribution in [0.15, 0.2) is 6.07 Å². The second-order valence-electron chi connectivity index (χ2n) is 3.27. The van der Waals surface area contributed by atoms with Crippen molar-refractivity contribution in [2.24, 2.45) is 5.73 Å². The number of aromatic nitrogens is 2. The molecule has 0 saturated heterocycles. The topological polar surface area (TPSA) is 63.8 Å². The molecule has 0 bridgehead atoms. The summed E-state index contributed by atoms with van der Waals surface area (Å²) in [5, 5.41) is 11.4. The first-order chi connectivity index (χ1) is 6.40. The molecule has 0 atom stereocenters. The standard InChI is InChI=1S/C9H14N4/c10-4-5-11-9-6-7-2-1-3-8(7)12-13-9/h6H,1-5,10H2,(H,11,13). The van der Waals surface area contributed by atoms with Crippen molar-refractivity contribution in [3.63, 3.8) is 0 Å². The Kier molecular flexibility index (Phi) is 2.40. The Morgan fingerprint density at radius 1 is 1.38 bits per heavy atom. The van der Waals surface area contributed by atoms with E-state index in [0.717, 1.165) is 25.2 Å². The normalized spacial score (nSPS) is 14.2. The smallest absolute Gasteiger partial charge is 0.148 e. The molecule has 4 heteroatoms. The number of nitrogens with two attached hydrogens (primary N) is 1. The van der Waals surface area contributed by atoms with Gasteiger partial charge in [0.2, 0.25) is 0 Å². The van der Waals surface area contributed by atoms with Crippen LogP contribution in [0.2, 0.25) is 0 Å². The lowest BCUT2D eigenvalue weighted by molar-refractivity contribution is 0.877.